The molecule has 0 atom stereocenters. The molecule has 0 aliphatic rings. The molecule has 4 heteroatoms. The van der Waals surface area contributed by atoms with Crippen LogP contribution < -0.4 is 0 Å². The molecule has 3 N–H and O–H groups in total. The largest absolute Gasteiger partial charge is 0.631 e. The fourth-order valence-corrected chi connectivity index (χ4v) is 1.58. The lowest BCUT2D eigenvalue weighted by molar-refractivity contribution is 0.278. The van der Waals surface area contributed by atoms with Crippen LogP contribution in [-0.4, -0.2) is 22.4 Å². The van der Waals surface area contributed by atoms with Crippen LogP contribution >= 0.6 is 0 Å². The molecule has 0 saturated carbocycles. The smallest absolute Gasteiger partial charge is 0.402 e. The Morgan fingerprint density at radius 3 is 1.94 bits per heavy atom. The zero-order valence-corrected chi connectivity index (χ0v) is 10.5. The summed E-state index contributed by atoms with van der Waals surface area (Å²) in [7, 11) is -2.17. The highest BCUT2D eigenvalue weighted by Crippen LogP contribution is 2.08. The first-order valence-electron chi connectivity index (χ1n) is 6.25. The molecule has 0 radical (unpaired) electrons. The molecule has 3 nitrogen and oxygen atoms in total. The van der Waals surface area contributed by atoms with Crippen molar-refractivity contribution in [2.45, 2.75) is 45.4 Å². The number of hydrogen-bond acceptors (Lipinski definition) is 3. The van der Waals surface area contributed by atoms with Gasteiger partial charge >= 0.3 is 7.32 Å². The Hall–Kier alpha value is -0.835. The molecule has 0 spiro atoms. The van der Waals surface area contributed by atoms with E-state index < -0.39 is 7.32 Å². The maximum atomic E-state index is 7.17. The number of hydrogen-bond donors (Lipinski definition) is 3. The molecule has 96 valence electrons. The normalized spacial score (nSPS) is 9.41. The lowest BCUT2D eigenvalue weighted by Crippen LogP contribution is -2.07. The summed E-state index contributed by atoms with van der Waals surface area (Å²) in [6, 6.07) is 10.8. The Balaban J connectivity index is 0.000000557. The van der Waals surface area contributed by atoms with Crippen LogP contribution in [0, 0.1) is 0 Å². The van der Waals surface area contributed by atoms with Crippen LogP contribution in [0.4, 0.5) is 0 Å². The second-order valence-electron chi connectivity index (χ2n) is 4.00. The third-order valence-corrected chi connectivity index (χ3v) is 2.41. The maximum Gasteiger partial charge on any atom is 0.631 e. The van der Waals surface area contributed by atoms with Crippen LogP contribution in [0.15, 0.2) is 30.3 Å². The second-order valence-corrected chi connectivity index (χ2v) is 4.00. The van der Waals surface area contributed by atoms with E-state index in [1.165, 1.54) is 44.1 Å². The van der Waals surface area contributed by atoms with Gasteiger partial charge in [0.2, 0.25) is 0 Å². The topological polar surface area (TPSA) is 60.7 Å². The summed E-state index contributed by atoms with van der Waals surface area (Å²) in [5.74, 6) is 0. The molecular formula is C13H23BO3. The monoisotopic (exact) mass is 238 g/mol. The lowest BCUT2D eigenvalue weighted by atomic mass is 10.1. The first-order chi connectivity index (χ1) is 8.16. The van der Waals surface area contributed by atoms with Crippen LogP contribution in [0.2, 0.25) is 0 Å². The highest BCUT2D eigenvalue weighted by atomic mass is 16.5. The zero-order valence-electron chi connectivity index (χ0n) is 10.5. The summed E-state index contributed by atoms with van der Waals surface area (Å²) < 4.78 is 0. The number of unbranched alkanes of at least 4 members (excludes halogenated alkanes) is 4. The van der Waals surface area contributed by atoms with E-state index in [4.69, 9.17) is 15.1 Å². The second kappa shape index (κ2) is 11.6. The molecular weight excluding hydrogens is 215 g/mol. The minimum absolute atomic E-state index is 1.25. The van der Waals surface area contributed by atoms with E-state index in [2.05, 4.69) is 37.3 Å². The molecule has 0 aliphatic heterocycles. The summed E-state index contributed by atoms with van der Waals surface area (Å²) >= 11 is 0. The Morgan fingerprint density at radius 1 is 0.882 bits per heavy atom. The highest BCUT2D eigenvalue weighted by molar-refractivity contribution is 6.30. The molecule has 0 aliphatic carbocycles. The fourth-order valence-electron chi connectivity index (χ4n) is 1.58. The van der Waals surface area contributed by atoms with Gasteiger partial charge in [0.05, 0.1) is 0 Å². The number of rotatable bonds is 6. The Morgan fingerprint density at radius 2 is 1.41 bits per heavy atom. The van der Waals surface area contributed by atoms with E-state index in [0.717, 1.165) is 0 Å². The van der Waals surface area contributed by atoms with Crippen LogP contribution in [0.5, 0.6) is 0 Å². The molecule has 0 bridgehead atoms. The highest BCUT2D eigenvalue weighted by Gasteiger charge is 1.93. The van der Waals surface area contributed by atoms with Gasteiger partial charge < -0.3 is 15.1 Å². The predicted octanol–water partition coefficient (Wildman–Crippen LogP) is 2.15. The Labute approximate surface area is 104 Å². The average molecular weight is 238 g/mol. The summed E-state index contributed by atoms with van der Waals surface area (Å²) in [4.78, 5) is 0. The SMILES string of the molecule is CCCCCCCc1ccccc1.OB(O)O. The van der Waals surface area contributed by atoms with Crippen molar-refractivity contribution in [3.8, 4) is 0 Å². The zero-order chi connectivity index (χ0) is 12.9. The Bertz CT molecular complexity index is 249. The maximum absolute atomic E-state index is 7.17. The van der Waals surface area contributed by atoms with E-state index >= 15 is 0 Å². The average Bonchev–Trinajstić information content (AvgIpc) is 2.29. The molecule has 1 aromatic rings. The molecule has 17 heavy (non-hydrogen) atoms. The van der Waals surface area contributed by atoms with Gasteiger partial charge in [-0.05, 0) is 18.4 Å². The van der Waals surface area contributed by atoms with Crippen molar-refractivity contribution in [1.82, 2.24) is 0 Å². The van der Waals surface area contributed by atoms with Gasteiger partial charge in [-0.2, -0.15) is 0 Å². The van der Waals surface area contributed by atoms with Crippen LogP contribution in [-0.2, 0) is 6.42 Å². The van der Waals surface area contributed by atoms with Crippen molar-refractivity contribution in [2.75, 3.05) is 0 Å². The summed E-state index contributed by atoms with van der Waals surface area (Å²) in [5.41, 5.74) is 1.49. The minimum atomic E-state index is -2.17. The van der Waals surface area contributed by atoms with Crippen molar-refractivity contribution in [3.63, 3.8) is 0 Å². The lowest BCUT2D eigenvalue weighted by Gasteiger charge is -2.00. The third kappa shape index (κ3) is 13.1. The van der Waals surface area contributed by atoms with Gasteiger partial charge in [-0.15, -0.1) is 0 Å². The summed E-state index contributed by atoms with van der Waals surface area (Å²) in [6.45, 7) is 2.26. The van der Waals surface area contributed by atoms with Crippen LogP contribution in [0.1, 0.15) is 44.6 Å². The fraction of sp³-hybridized carbons (Fsp3) is 0.538. The molecule has 0 saturated heterocycles. The molecule has 0 fully saturated rings. The Kier molecular flexibility index (Phi) is 11.1. The van der Waals surface area contributed by atoms with Crippen LogP contribution in [0.25, 0.3) is 0 Å². The van der Waals surface area contributed by atoms with Gasteiger partial charge in [0.25, 0.3) is 0 Å². The summed E-state index contributed by atoms with van der Waals surface area (Å²) in [6.07, 6.45) is 8.14. The van der Waals surface area contributed by atoms with Gasteiger partial charge in [0, 0.05) is 0 Å². The van der Waals surface area contributed by atoms with Gasteiger partial charge in [-0.3, -0.25) is 0 Å². The van der Waals surface area contributed by atoms with Crippen molar-refractivity contribution in [1.29, 1.82) is 0 Å². The van der Waals surface area contributed by atoms with Crippen molar-refractivity contribution in [2.24, 2.45) is 0 Å². The number of aryl methyl sites for hydroxylation is 1. The molecule has 1 aromatic carbocycles. The minimum Gasteiger partial charge on any atom is -0.402 e. The van der Waals surface area contributed by atoms with Gasteiger partial charge in [0.1, 0.15) is 0 Å². The van der Waals surface area contributed by atoms with Crippen LogP contribution in [0.3, 0.4) is 0 Å². The van der Waals surface area contributed by atoms with Crippen molar-refractivity contribution in [3.05, 3.63) is 35.9 Å². The van der Waals surface area contributed by atoms with E-state index in [1.807, 2.05) is 0 Å². The first-order valence-corrected chi connectivity index (χ1v) is 6.25. The van der Waals surface area contributed by atoms with Gasteiger partial charge in [-0.25, -0.2) is 0 Å². The van der Waals surface area contributed by atoms with E-state index in [9.17, 15) is 0 Å². The predicted molar refractivity (Wildman–Crippen MR) is 71.3 cm³/mol. The molecule has 0 heterocycles. The molecule has 0 amide bonds. The third-order valence-electron chi connectivity index (χ3n) is 2.41. The van der Waals surface area contributed by atoms with Crippen molar-refractivity contribution >= 4 is 7.32 Å². The van der Waals surface area contributed by atoms with E-state index in [-0.39, 0.29) is 0 Å². The van der Waals surface area contributed by atoms with Gasteiger partial charge in [0.15, 0.2) is 0 Å². The summed E-state index contributed by atoms with van der Waals surface area (Å²) in [5, 5.41) is 21.5. The molecule has 0 aromatic heterocycles. The first kappa shape index (κ1) is 16.2. The number of benzene rings is 1. The quantitative estimate of drug-likeness (QED) is 0.525. The van der Waals surface area contributed by atoms with E-state index in [0.29, 0.717) is 0 Å². The molecule has 1 rings (SSSR count). The molecule has 0 unspecified atom stereocenters. The van der Waals surface area contributed by atoms with Gasteiger partial charge in [-0.1, -0.05) is 62.9 Å². The standard InChI is InChI=1S/C13H20.BH3O3/c1-2-3-4-5-7-10-13-11-8-6-9-12-13;2-1(3)4/h6,8-9,11-12H,2-5,7,10H2,1H3;2-4H. The van der Waals surface area contributed by atoms with Crippen molar-refractivity contribution < 1.29 is 15.1 Å². The van der Waals surface area contributed by atoms with E-state index in [1.54, 1.807) is 0 Å².